The zero-order valence-corrected chi connectivity index (χ0v) is 15.5. The molecule has 2 aromatic heterocycles. The third kappa shape index (κ3) is 3.27. The summed E-state index contributed by atoms with van der Waals surface area (Å²) in [7, 11) is 0. The molecule has 1 amide bonds. The summed E-state index contributed by atoms with van der Waals surface area (Å²) in [5.74, 6) is -0.0173. The van der Waals surface area contributed by atoms with Crippen LogP contribution in [0.5, 0.6) is 5.75 Å². The maximum absolute atomic E-state index is 12.8. The maximum Gasteiger partial charge on any atom is 0.270 e. The van der Waals surface area contributed by atoms with Gasteiger partial charge in [-0.2, -0.15) is 0 Å². The summed E-state index contributed by atoms with van der Waals surface area (Å²) >= 11 is 0. The highest BCUT2D eigenvalue weighted by Gasteiger charge is 2.25. The van der Waals surface area contributed by atoms with E-state index in [1.165, 1.54) is 0 Å². The molecule has 0 saturated heterocycles. The Hall–Kier alpha value is -2.89. The molecule has 0 aliphatic heterocycles. The number of aromatic hydroxyl groups is 1. The Morgan fingerprint density at radius 3 is 2.65 bits per heavy atom. The lowest BCUT2D eigenvalue weighted by Crippen LogP contribution is -2.33. The second-order valence-electron chi connectivity index (χ2n) is 7.05. The van der Waals surface area contributed by atoms with Crippen molar-refractivity contribution in [2.24, 2.45) is 5.92 Å². The van der Waals surface area contributed by atoms with Crippen LogP contribution in [0.1, 0.15) is 55.8 Å². The third-order valence-corrected chi connectivity index (χ3v) is 4.52. The molecule has 0 spiro atoms. The fourth-order valence-corrected chi connectivity index (χ4v) is 3.11. The SMILES string of the molecule is CC(C)C(NC(=O)c1cncn1C(C)C)c1ccc2cccnc2c1O. The second kappa shape index (κ2) is 7.15. The Bertz CT molecular complexity index is 930. The number of hydrogen-bond donors (Lipinski definition) is 2. The molecule has 0 radical (unpaired) electrons. The number of aromatic nitrogens is 3. The van der Waals surface area contributed by atoms with Gasteiger partial charge in [0.15, 0.2) is 0 Å². The van der Waals surface area contributed by atoms with Crippen molar-refractivity contribution in [1.29, 1.82) is 0 Å². The van der Waals surface area contributed by atoms with Gasteiger partial charge in [-0.25, -0.2) is 4.98 Å². The van der Waals surface area contributed by atoms with Crippen LogP contribution >= 0.6 is 0 Å². The molecule has 1 atom stereocenters. The number of nitrogens with one attached hydrogen (secondary N) is 1. The minimum absolute atomic E-state index is 0.0847. The summed E-state index contributed by atoms with van der Waals surface area (Å²) in [4.78, 5) is 21.2. The summed E-state index contributed by atoms with van der Waals surface area (Å²) in [6.45, 7) is 8.01. The van der Waals surface area contributed by atoms with Gasteiger partial charge in [-0.3, -0.25) is 9.78 Å². The van der Waals surface area contributed by atoms with Crippen LogP contribution in [0, 0.1) is 5.92 Å². The number of amides is 1. The normalized spacial score (nSPS) is 12.7. The van der Waals surface area contributed by atoms with Crippen LogP contribution in [0.25, 0.3) is 10.9 Å². The number of nitrogens with zero attached hydrogens (tertiary/aromatic N) is 3. The molecule has 0 aliphatic rings. The second-order valence-corrected chi connectivity index (χ2v) is 7.05. The predicted molar refractivity (Wildman–Crippen MR) is 101 cm³/mol. The average molecular weight is 352 g/mol. The molecule has 0 bridgehead atoms. The van der Waals surface area contributed by atoms with E-state index in [9.17, 15) is 9.90 Å². The first-order chi connectivity index (χ1) is 12.4. The van der Waals surface area contributed by atoms with E-state index >= 15 is 0 Å². The number of phenolic OH excluding ortho intramolecular Hbond substituents is 1. The minimum Gasteiger partial charge on any atom is -0.505 e. The Balaban J connectivity index is 1.97. The molecule has 6 nitrogen and oxygen atoms in total. The van der Waals surface area contributed by atoms with Crippen LogP contribution in [-0.2, 0) is 0 Å². The fraction of sp³-hybridized carbons (Fsp3) is 0.350. The molecule has 0 aliphatic carbocycles. The highest BCUT2D eigenvalue weighted by Crippen LogP contribution is 2.34. The van der Waals surface area contributed by atoms with Crippen molar-refractivity contribution in [1.82, 2.24) is 19.9 Å². The Labute approximate surface area is 152 Å². The first-order valence-electron chi connectivity index (χ1n) is 8.79. The minimum atomic E-state index is -0.343. The maximum atomic E-state index is 12.8. The molecule has 3 rings (SSSR count). The number of carbonyl (C=O) groups is 1. The lowest BCUT2D eigenvalue weighted by atomic mass is 9.94. The zero-order chi connectivity index (χ0) is 18.8. The van der Waals surface area contributed by atoms with Crippen LogP contribution < -0.4 is 5.32 Å². The van der Waals surface area contributed by atoms with Gasteiger partial charge in [0.1, 0.15) is 17.0 Å². The molecule has 136 valence electrons. The highest BCUT2D eigenvalue weighted by atomic mass is 16.3. The quantitative estimate of drug-likeness (QED) is 0.731. The first kappa shape index (κ1) is 17.9. The zero-order valence-electron chi connectivity index (χ0n) is 15.5. The topological polar surface area (TPSA) is 80.0 Å². The molecule has 1 unspecified atom stereocenters. The summed E-state index contributed by atoms with van der Waals surface area (Å²) < 4.78 is 1.83. The summed E-state index contributed by atoms with van der Waals surface area (Å²) in [5.41, 5.74) is 1.70. The lowest BCUT2D eigenvalue weighted by molar-refractivity contribution is 0.0914. The molecular weight excluding hydrogens is 328 g/mol. The molecule has 3 aromatic rings. The van der Waals surface area contributed by atoms with Gasteiger partial charge >= 0.3 is 0 Å². The summed E-state index contributed by atoms with van der Waals surface area (Å²) in [6.07, 6.45) is 4.87. The monoisotopic (exact) mass is 352 g/mol. The largest absolute Gasteiger partial charge is 0.505 e. The van der Waals surface area contributed by atoms with Crippen LogP contribution in [0.2, 0.25) is 0 Å². The van der Waals surface area contributed by atoms with Crippen LogP contribution in [0.4, 0.5) is 0 Å². The van der Waals surface area contributed by atoms with Gasteiger partial charge < -0.3 is 15.0 Å². The molecule has 2 heterocycles. The molecule has 0 fully saturated rings. The average Bonchev–Trinajstić information content (AvgIpc) is 3.10. The molecular formula is C20H24N4O2. The number of carbonyl (C=O) groups excluding carboxylic acids is 1. The van der Waals surface area contributed by atoms with Crippen molar-refractivity contribution in [3.8, 4) is 5.75 Å². The van der Waals surface area contributed by atoms with Gasteiger partial charge in [0.2, 0.25) is 0 Å². The van der Waals surface area contributed by atoms with Gasteiger partial charge in [-0.15, -0.1) is 0 Å². The smallest absolute Gasteiger partial charge is 0.270 e. The van der Waals surface area contributed by atoms with Gasteiger partial charge in [-0.1, -0.05) is 32.0 Å². The van der Waals surface area contributed by atoms with E-state index in [0.717, 1.165) is 5.39 Å². The number of hydrogen-bond acceptors (Lipinski definition) is 4. The van der Waals surface area contributed by atoms with E-state index in [-0.39, 0.29) is 29.7 Å². The van der Waals surface area contributed by atoms with Gasteiger partial charge in [0, 0.05) is 23.2 Å². The molecule has 1 aromatic carbocycles. The van der Waals surface area contributed by atoms with E-state index in [2.05, 4.69) is 15.3 Å². The third-order valence-electron chi connectivity index (χ3n) is 4.52. The molecule has 2 N–H and O–H groups in total. The van der Waals surface area contributed by atoms with Crippen molar-refractivity contribution in [2.75, 3.05) is 0 Å². The molecule has 26 heavy (non-hydrogen) atoms. The summed E-state index contributed by atoms with van der Waals surface area (Å²) in [6, 6.07) is 7.28. The first-order valence-corrected chi connectivity index (χ1v) is 8.79. The number of imidazole rings is 1. The van der Waals surface area contributed by atoms with E-state index < -0.39 is 0 Å². The predicted octanol–water partition coefficient (Wildman–Crippen LogP) is 3.84. The van der Waals surface area contributed by atoms with Gasteiger partial charge in [0.05, 0.1) is 18.6 Å². The van der Waals surface area contributed by atoms with E-state index in [4.69, 9.17) is 0 Å². The molecule has 0 saturated carbocycles. The van der Waals surface area contributed by atoms with Crippen LogP contribution in [-0.4, -0.2) is 25.5 Å². The van der Waals surface area contributed by atoms with Crippen LogP contribution in [0.15, 0.2) is 43.0 Å². The Kier molecular flexibility index (Phi) is 4.93. The number of fused-ring (bicyclic) bond motifs is 1. The lowest BCUT2D eigenvalue weighted by Gasteiger charge is -2.24. The highest BCUT2D eigenvalue weighted by molar-refractivity contribution is 5.93. The Morgan fingerprint density at radius 2 is 1.96 bits per heavy atom. The van der Waals surface area contributed by atoms with Gasteiger partial charge in [0.25, 0.3) is 5.91 Å². The molecule has 6 heteroatoms. The number of benzene rings is 1. The van der Waals surface area contributed by atoms with Gasteiger partial charge in [-0.05, 0) is 25.8 Å². The van der Waals surface area contributed by atoms with E-state index in [1.807, 2.05) is 56.5 Å². The number of rotatable bonds is 5. The van der Waals surface area contributed by atoms with Crippen molar-refractivity contribution in [3.05, 3.63) is 54.2 Å². The van der Waals surface area contributed by atoms with E-state index in [0.29, 0.717) is 16.8 Å². The summed E-state index contributed by atoms with van der Waals surface area (Å²) in [5, 5.41) is 14.6. The Morgan fingerprint density at radius 1 is 1.19 bits per heavy atom. The van der Waals surface area contributed by atoms with Crippen molar-refractivity contribution >= 4 is 16.8 Å². The van der Waals surface area contributed by atoms with E-state index in [1.54, 1.807) is 18.7 Å². The number of pyridine rings is 1. The van der Waals surface area contributed by atoms with Crippen molar-refractivity contribution in [3.63, 3.8) is 0 Å². The van der Waals surface area contributed by atoms with Crippen molar-refractivity contribution in [2.45, 2.75) is 39.8 Å². The van der Waals surface area contributed by atoms with Crippen molar-refractivity contribution < 1.29 is 9.90 Å². The van der Waals surface area contributed by atoms with Crippen LogP contribution in [0.3, 0.4) is 0 Å². The fourth-order valence-electron chi connectivity index (χ4n) is 3.11. The standard InChI is InChI=1S/C20H24N4O2/c1-12(2)17(23-20(26)16-10-21-11-24(16)13(3)4)15-8-7-14-6-5-9-22-18(14)19(15)25/h5-13,17,25H,1-4H3,(H,23,26). The number of phenols is 1.